The molecule has 0 aliphatic carbocycles. The molecule has 7 nitrogen and oxygen atoms in total. The van der Waals surface area contributed by atoms with Crippen molar-refractivity contribution < 1.29 is 22.4 Å². The lowest BCUT2D eigenvalue weighted by Crippen LogP contribution is -2.16. The number of nitrogens with one attached hydrogen (secondary N) is 2. The number of halogens is 1. The minimum absolute atomic E-state index is 0.0244. The molecule has 0 aliphatic rings. The Hall–Kier alpha value is -3.10. The summed E-state index contributed by atoms with van der Waals surface area (Å²) in [7, 11) is -3.56. The van der Waals surface area contributed by atoms with E-state index in [4.69, 9.17) is 16.0 Å². The van der Waals surface area contributed by atoms with Crippen LogP contribution in [0.3, 0.4) is 0 Å². The van der Waals surface area contributed by atoms with Crippen molar-refractivity contribution in [1.82, 2.24) is 0 Å². The molecule has 1 heterocycles. The third-order valence-electron chi connectivity index (χ3n) is 3.75. The lowest BCUT2D eigenvalue weighted by molar-refractivity contribution is 0.0994. The van der Waals surface area contributed by atoms with Crippen LogP contribution >= 0.6 is 11.6 Å². The second-order valence-electron chi connectivity index (χ2n) is 5.85. The van der Waals surface area contributed by atoms with Gasteiger partial charge in [-0.25, -0.2) is 8.42 Å². The first-order valence-corrected chi connectivity index (χ1v) is 10.3. The Morgan fingerprint density at radius 2 is 1.71 bits per heavy atom. The molecule has 0 aliphatic heterocycles. The van der Waals surface area contributed by atoms with Crippen molar-refractivity contribution in [2.24, 2.45) is 0 Å². The molecule has 0 saturated heterocycles. The number of rotatable bonds is 5. The highest BCUT2D eigenvalue weighted by molar-refractivity contribution is 7.90. The van der Waals surface area contributed by atoms with Crippen LogP contribution in [0.1, 0.15) is 20.9 Å². The van der Waals surface area contributed by atoms with Crippen molar-refractivity contribution in [3.05, 3.63) is 77.2 Å². The molecule has 2 N–H and O–H groups in total. The van der Waals surface area contributed by atoms with E-state index in [1.165, 1.54) is 42.7 Å². The lowest BCUT2D eigenvalue weighted by atomic mass is 10.2. The molecule has 1 aromatic heterocycles. The molecular formula is C19H15ClN2O5S. The molecule has 0 bridgehead atoms. The molecule has 3 rings (SSSR count). The summed E-state index contributed by atoms with van der Waals surface area (Å²) in [6.07, 6.45) is 2.41. The number of anilines is 2. The highest BCUT2D eigenvalue weighted by Crippen LogP contribution is 2.27. The highest BCUT2D eigenvalue weighted by Gasteiger charge is 2.18. The quantitative estimate of drug-likeness (QED) is 0.654. The molecule has 9 heteroatoms. The van der Waals surface area contributed by atoms with Gasteiger partial charge in [0.2, 0.25) is 0 Å². The van der Waals surface area contributed by atoms with Crippen molar-refractivity contribution in [2.45, 2.75) is 4.90 Å². The van der Waals surface area contributed by atoms with Crippen LogP contribution in [0.15, 0.2) is 70.2 Å². The molecule has 0 spiro atoms. The van der Waals surface area contributed by atoms with Crippen LogP contribution in [-0.2, 0) is 9.84 Å². The maximum atomic E-state index is 12.5. The van der Waals surface area contributed by atoms with Gasteiger partial charge in [-0.1, -0.05) is 23.7 Å². The summed E-state index contributed by atoms with van der Waals surface area (Å²) < 4.78 is 28.7. The first-order valence-electron chi connectivity index (χ1n) is 8.00. The van der Waals surface area contributed by atoms with Gasteiger partial charge in [-0.2, -0.15) is 0 Å². The molecule has 144 valence electrons. The molecular weight excluding hydrogens is 404 g/mol. The number of amides is 2. The van der Waals surface area contributed by atoms with Gasteiger partial charge in [-0.3, -0.25) is 9.59 Å². The molecule has 3 aromatic rings. The fourth-order valence-corrected chi connectivity index (χ4v) is 3.58. The van der Waals surface area contributed by atoms with E-state index in [1.54, 1.807) is 18.2 Å². The Morgan fingerprint density at radius 3 is 2.36 bits per heavy atom. The van der Waals surface area contributed by atoms with E-state index in [2.05, 4.69) is 10.6 Å². The maximum Gasteiger partial charge on any atom is 0.291 e. The standard InChI is InChI=1S/C19H15ClN2O5S/c1-28(25,26)17-7-3-2-5-13(17)18(23)21-12-8-9-15(14(20)11-12)22-19(24)16-6-4-10-27-16/h2-11H,1H3,(H,21,23)(H,22,24). The van der Waals surface area contributed by atoms with E-state index in [1.807, 2.05) is 0 Å². The van der Waals surface area contributed by atoms with Crippen LogP contribution in [0.4, 0.5) is 11.4 Å². The zero-order valence-electron chi connectivity index (χ0n) is 14.6. The van der Waals surface area contributed by atoms with Crippen molar-refractivity contribution in [3.63, 3.8) is 0 Å². The summed E-state index contributed by atoms with van der Waals surface area (Å²) in [6, 6.07) is 13.5. The molecule has 2 amide bonds. The number of sulfone groups is 1. The molecule has 0 radical (unpaired) electrons. The Balaban J connectivity index is 1.78. The van der Waals surface area contributed by atoms with Gasteiger partial charge in [0, 0.05) is 11.9 Å². The van der Waals surface area contributed by atoms with E-state index in [9.17, 15) is 18.0 Å². The topological polar surface area (TPSA) is 105 Å². The normalized spacial score (nSPS) is 11.1. The van der Waals surface area contributed by atoms with E-state index in [-0.39, 0.29) is 21.2 Å². The van der Waals surface area contributed by atoms with Gasteiger partial charge in [-0.15, -0.1) is 0 Å². The molecule has 28 heavy (non-hydrogen) atoms. The average Bonchev–Trinajstić information content (AvgIpc) is 3.18. The van der Waals surface area contributed by atoms with Crippen LogP contribution in [-0.4, -0.2) is 26.5 Å². The number of hydrogen-bond acceptors (Lipinski definition) is 5. The van der Waals surface area contributed by atoms with Crippen molar-refractivity contribution >= 4 is 44.6 Å². The predicted molar refractivity (Wildman–Crippen MR) is 106 cm³/mol. The Morgan fingerprint density at radius 1 is 0.964 bits per heavy atom. The zero-order valence-corrected chi connectivity index (χ0v) is 16.2. The number of hydrogen-bond donors (Lipinski definition) is 2. The zero-order chi connectivity index (χ0) is 20.3. The highest BCUT2D eigenvalue weighted by atomic mass is 35.5. The van der Waals surface area contributed by atoms with Crippen LogP contribution in [0.5, 0.6) is 0 Å². The second-order valence-corrected chi connectivity index (χ2v) is 8.24. The van der Waals surface area contributed by atoms with Gasteiger partial charge < -0.3 is 15.1 Å². The predicted octanol–water partition coefficient (Wildman–Crippen LogP) is 3.84. The summed E-state index contributed by atoms with van der Waals surface area (Å²) in [6.45, 7) is 0. The van der Waals surface area contributed by atoms with Crippen LogP contribution < -0.4 is 10.6 Å². The Kier molecular flexibility index (Phi) is 5.53. The Bertz CT molecular complexity index is 1140. The van der Waals surface area contributed by atoms with Gasteiger partial charge in [0.1, 0.15) is 0 Å². The number of carbonyl (C=O) groups excluding carboxylic acids is 2. The van der Waals surface area contributed by atoms with Crippen LogP contribution in [0.2, 0.25) is 5.02 Å². The molecule has 2 aromatic carbocycles. The fraction of sp³-hybridized carbons (Fsp3) is 0.0526. The summed E-state index contributed by atoms with van der Waals surface area (Å²) in [4.78, 5) is 24.5. The van der Waals surface area contributed by atoms with E-state index < -0.39 is 21.7 Å². The van der Waals surface area contributed by atoms with Gasteiger partial charge >= 0.3 is 0 Å². The molecule has 0 unspecified atom stereocenters. The van der Waals surface area contributed by atoms with Crippen molar-refractivity contribution in [2.75, 3.05) is 16.9 Å². The summed E-state index contributed by atoms with van der Waals surface area (Å²) in [5.41, 5.74) is 0.697. The third-order valence-corrected chi connectivity index (χ3v) is 5.22. The van der Waals surface area contributed by atoms with Crippen molar-refractivity contribution in [1.29, 1.82) is 0 Å². The SMILES string of the molecule is CS(=O)(=O)c1ccccc1C(=O)Nc1ccc(NC(=O)c2ccco2)c(Cl)c1. The fourth-order valence-electron chi connectivity index (χ4n) is 2.46. The number of carbonyl (C=O) groups is 2. The number of benzene rings is 2. The van der Waals surface area contributed by atoms with E-state index in [0.29, 0.717) is 11.4 Å². The second kappa shape index (κ2) is 7.87. The average molecular weight is 419 g/mol. The van der Waals surface area contributed by atoms with Crippen LogP contribution in [0.25, 0.3) is 0 Å². The maximum absolute atomic E-state index is 12.5. The van der Waals surface area contributed by atoms with Crippen LogP contribution in [0, 0.1) is 0 Å². The van der Waals surface area contributed by atoms with Gasteiger partial charge in [0.15, 0.2) is 15.6 Å². The first-order chi connectivity index (χ1) is 13.3. The summed E-state index contributed by atoms with van der Waals surface area (Å²) in [5.74, 6) is -0.930. The van der Waals surface area contributed by atoms with E-state index in [0.717, 1.165) is 6.26 Å². The minimum atomic E-state index is -3.56. The van der Waals surface area contributed by atoms with Crippen molar-refractivity contribution in [3.8, 4) is 0 Å². The monoisotopic (exact) mass is 418 g/mol. The first kappa shape index (κ1) is 19.7. The van der Waals surface area contributed by atoms with Gasteiger partial charge in [0.05, 0.1) is 27.4 Å². The largest absolute Gasteiger partial charge is 0.459 e. The summed E-state index contributed by atoms with van der Waals surface area (Å²) >= 11 is 6.18. The summed E-state index contributed by atoms with van der Waals surface area (Å²) in [5, 5.41) is 5.39. The smallest absolute Gasteiger partial charge is 0.291 e. The third kappa shape index (κ3) is 4.41. The lowest BCUT2D eigenvalue weighted by Gasteiger charge is -2.11. The molecule has 0 saturated carbocycles. The minimum Gasteiger partial charge on any atom is -0.459 e. The molecule has 0 fully saturated rings. The van der Waals surface area contributed by atoms with Gasteiger partial charge in [-0.05, 0) is 42.5 Å². The molecule has 0 atom stereocenters. The van der Waals surface area contributed by atoms with E-state index >= 15 is 0 Å². The number of furan rings is 1. The Labute approximate surface area is 166 Å². The van der Waals surface area contributed by atoms with Gasteiger partial charge in [0.25, 0.3) is 11.8 Å².